The average molecular weight is 374 g/mol. The number of carbonyl (C=O) groups excluding carboxylic acids is 1. The smallest absolute Gasteiger partial charge is 0.249 e. The van der Waals surface area contributed by atoms with Gasteiger partial charge >= 0.3 is 0 Å². The SMILES string of the molecule is O=C(C1CCCCC1)N1CCCCC1c1nc(-c2ccc(Cl)cc2)no1. The minimum absolute atomic E-state index is 0.0910. The van der Waals surface area contributed by atoms with Crippen molar-refractivity contribution in [1.82, 2.24) is 15.0 Å². The van der Waals surface area contributed by atoms with Crippen LogP contribution in [-0.4, -0.2) is 27.5 Å². The Hall–Kier alpha value is -1.88. The highest BCUT2D eigenvalue weighted by atomic mass is 35.5. The van der Waals surface area contributed by atoms with Crippen LogP contribution >= 0.6 is 11.6 Å². The highest BCUT2D eigenvalue weighted by Crippen LogP contribution is 2.35. The summed E-state index contributed by atoms with van der Waals surface area (Å²) in [6, 6.07) is 7.29. The lowest BCUT2D eigenvalue weighted by atomic mass is 9.87. The summed E-state index contributed by atoms with van der Waals surface area (Å²) >= 11 is 5.95. The molecule has 1 aliphatic heterocycles. The molecule has 0 radical (unpaired) electrons. The highest BCUT2D eigenvalue weighted by molar-refractivity contribution is 6.30. The van der Waals surface area contributed by atoms with Crippen LogP contribution in [0.25, 0.3) is 11.4 Å². The molecule has 2 aromatic rings. The van der Waals surface area contributed by atoms with E-state index in [0.717, 1.165) is 57.1 Å². The number of piperidine rings is 1. The third-order valence-electron chi connectivity index (χ3n) is 5.57. The van der Waals surface area contributed by atoms with Crippen LogP contribution in [0, 0.1) is 5.92 Å². The average Bonchev–Trinajstić information content (AvgIpc) is 3.19. The van der Waals surface area contributed by atoms with Gasteiger partial charge in [-0.1, -0.05) is 36.0 Å². The monoisotopic (exact) mass is 373 g/mol. The van der Waals surface area contributed by atoms with E-state index in [2.05, 4.69) is 10.1 Å². The molecule has 0 N–H and O–H groups in total. The predicted octanol–water partition coefficient (Wildman–Crippen LogP) is 5.02. The zero-order valence-electron chi connectivity index (χ0n) is 14.9. The van der Waals surface area contributed by atoms with Crippen molar-refractivity contribution in [2.24, 2.45) is 5.92 Å². The number of amides is 1. The van der Waals surface area contributed by atoms with Gasteiger partial charge < -0.3 is 9.42 Å². The number of likely N-dealkylation sites (tertiary alicyclic amines) is 1. The zero-order chi connectivity index (χ0) is 17.9. The van der Waals surface area contributed by atoms with E-state index >= 15 is 0 Å². The van der Waals surface area contributed by atoms with Gasteiger partial charge in [0.15, 0.2) is 0 Å². The van der Waals surface area contributed by atoms with Gasteiger partial charge in [0.1, 0.15) is 6.04 Å². The van der Waals surface area contributed by atoms with E-state index in [9.17, 15) is 4.79 Å². The number of nitrogens with zero attached hydrogens (tertiary/aromatic N) is 3. The molecular weight excluding hydrogens is 350 g/mol. The van der Waals surface area contributed by atoms with Crippen molar-refractivity contribution in [3.8, 4) is 11.4 Å². The Kier molecular flexibility index (Phi) is 5.25. The fraction of sp³-hybridized carbons (Fsp3) is 0.550. The molecule has 1 atom stereocenters. The summed E-state index contributed by atoms with van der Waals surface area (Å²) in [6.07, 6.45) is 8.63. The lowest BCUT2D eigenvalue weighted by Gasteiger charge is -2.36. The molecule has 4 rings (SSSR count). The quantitative estimate of drug-likeness (QED) is 0.757. The molecule has 1 saturated heterocycles. The van der Waals surface area contributed by atoms with Crippen molar-refractivity contribution in [2.75, 3.05) is 6.54 Å². The van der Waals surface area contributed by atoms with Crippen molar-refractivity contribution < 1.29 is 9.32 Å². The molecule has 26 heavy (non-hydrogen) atoms. The van der Waals surface area contributed by atoms with Crippen LogP contribution < -0.4 is 0 Å². The van der Waals surface area contributed by atoms with Gasteiger partial charge in [0.25, 0.3) is 0 Å². The van der Waals surface area contributed by atoms with Crippen LogP contribution in [-0.2, 0) is 4.79 Å². The molecule has 6 heteroatoms. The van der Waals surface area contributed by atoms with Gasteiger partial charge in [-0.05, 0) is 56.4 Å². The molecule has 5 nitrogen and oxygen atoms in total. The van der Waals surface area contributed by atoms with E-state index < -0.39 is 0 Å². The van der Waals surface area contributed by atoms with Crippen molar-refractivity contribution in [1.29, 1.82) is 0 Å². The predicted molar refractivity (Wildman–Crippen MR) is 99.6 cm³/mol. The Labute approximate surface area is 158 Å². The third kappa shape index (κ3) is 3.63. The van der Waals surface area contributed by atoms with Crippen molar-refractivity contribution >= 4 is 17.5 Å². The van der Waals surface area contributed by atoms with Gasteiger partial charge in [-0.3, -0.25) is 4.79 Å². The molecule has 0 spiro atoms. The third-order valence-corrected chi connectivity index (χ3v) is 5.82. The molecule has 1 saturated carbocycles. The van der Waals surface area contributed by atoms with E-state index in [-0.39, 0.29) is 17.9 Å². The Morgan fingerprint density at radius 3 is 2.54 bits per heavy atom. The lowest BCUT2D eigenvalue weighted by Crippen LogP contribution is -2.42. The summed E-state index contributed by atoms with van der Waals surface area (Å²) in [5.74, 6) is 1.55. The van der Waals surface area contributed by atoms with Gasteiger partial charge in [0.2, 0.25) is 17.6 Å². The fourth-order valence-electron chi connectivity index (χ4n) is 4.12. The molecule has 2 heterocycles. The van der Waals surface area contributed by atoms with Crippen LogP contribution in [0.3, 0.4) is 0 Å². The van der Waals surface area contributed by atoms with Crippen LogP contribution in [0.2, 0.25) is 5.02 Å². The number of carbonyl (C=O) groups is 1. The maximum Gasteiger partial charge on any atom is 0.249 e. The number of hydrogen-bond acceptors (Lipinski definition) is 4. The fourth-order valence-corrected chi connectivity index (χ4v) is 4.25. The van der Waals surface area contributed by atoms with E-state index in [1.54, 1.807) is 0 Å². The second kappa shape index (κ2) is 7.78. The van der Waals surface area contributed by atoms with Crippen molar-refractivity contribution in [3.05, 3.63) is 35.2 Å². The normalized spacial score (nSPS) is 21.7. The Morgan fingerprint density at radius 1 is 1.04 bits per heavy atom. The first kappa shape index (κ1) is 17.5. The molecule has 1 aromatic carbocycles. The number of hydrogen-bond donors (Lipinski definition) is 0. The Bertz CT molecular complexity index is 753. The molecule has 1 aliphatic carbocycles. The number of benzene rings is 1. The van der Waals surface area contributed by atoms with Crippen LogP contribution in [0.1, 0.15) is 63.3 Å². The van der Waals surface area contributed by atoms with E-state index in [4.69, 9.17) is 16.1 Å². The minimum atomic E-state index is -0.0910. The molecule has 2 fully saturated rings. The zero-order valence-corrected chi connectivity index (χ0v) is 15.6. The Morgan fingerprint density at radius 2 is 1.77 bits per heavy atom. The molecule has 1 aromatic heterocycles. The number of aromatic nitrogens is 2. The van der Waals surface area contributed by atoms with Gasteiger partial charge in [0, 0.05) is 23.0 Å². The van der Waals surface area contributed by atoms with Crippen LogP contribution in [0.5, 0.6) is 0 Å². The minimum Gasteiger partial charge on any atom is -0.337 e. The van der Waals surface area contributed by atoms with Gasteiger partial charge in [-0.15, -0.1) is 0 Å². The maximum atomic E-state index is 13.1. The summed E-state index contributed by atoms with van der Waals surface area (Å²) in [7, 11) is 0. The lowest BCUT2D eigenvalue weighted by molar-refractivity contribution is -0.141. The van der Waals surface area contributed by atoms with E-state index in [1.807, 2.05) is 29.2 Å². The first-order valence-electron chi connectivity index (χ1n) is 9.62. The summed E-state index contributed by atoms with van der Waals surface area (Å²) in [4.78, 5) is 19.7. The molecule has 0 bridgehead atoms. The Balaban J connectivity index is 1.54. The highest BCUT2D eigenvalue weighted by Gasteiger charge is 2.35. The van der Waals surface area contributed by atoms with Gasteiger partial charge in [0.05, 0.1) is 0 Å². The number of halogens is 1. The number of rotatable bonds is 3. The van der Waals surface area contributed by atoms with Crippen LogP contribution in [0.15, 0.2) is 28.8 Å². The summed E-state index contributed by atoms with van der Waals surface area (Å²) < 4.78 is 5.57. The largest absolute Gasteiger partial charge is 0.337 e. The van der Waals surface area contributed by atoms with Crippen molar-refractivity contribution in [3.63, 3.8) is 0 Å². The second-order valence-corrected chi connectivity index (χ2v) is 7.78. The molecule has 138 valence electrons. The molecular formula is C20H24ClN3O2. The summed E-state index contributed by atoms with van der Waals surface area (Å²) in [6.45, 7) is 0.790. The molecule has 1 amide bonds. The van der Waals surface area contributed by atoms with Gasteiger partial charge in [-0.25, -0.2) is 0 Å². The van der Waals surface area contributed by atoms with Gasteiger partial charge in [-0.2, -0.15) is 4.98 Å². The molecule has 2 aliphatic rings. The standard InChI is InChI=1S/C20H24ClN3O2/c21-16-11-9-14(10-12-16)18-22-19(26-23-18)17-8-4-5-13-24(17)20(25)15-6-2-1-3-7-15/h9-12,15,17H,1-8,13H2. The van der Waals surface area contributed by atoms with Crippen molar-refractivity contribution in [2.45, 2.75) is 57.4 Å². The second-order valence-electron chi connectivity index (χ2n) is 7.34. The molecule has 1 unspecified atom stereocenters. The first-order chi connectivity index (χ1) is 12.7. The topological polar surface area (TPSA) is 59.2 Å². The van der Waals surface area contributed by atoms with E-state index in [1.165, 1.54) is 6.42 Å². The first-order valence-corrected chi connectivity index (χ1v) is 10.0. The van der Waals surface area contributed by atoms with Crippen LogP contribution in [0.4, 0.5) is 0 Å². The van der Waals surface area contributed by atoms with E-state index in [0.29, 0.717) is 16.7 Å². The maximum absolute atomic E-state index is 13.1. The summed E-state index contributed by atoms with van der Waals surface area (Å²) in [5, 5.41) is 4.81. The summed E-state index contributed by atoms with van der Waals surface area (Å²) in [5.41, 5.74) is 0.866.